The van der Waals surface area contributed by atoms with Crippen molar-refractivity contribution in [2.24, 2.45) is 0 Å². The predicted octanol–water partition coefficient (Wildman–Crippen LogP) is 2.38. The lowest BCUT2D eigenvalue weighted by Gasteiger charge is -1.98. The summed E-state index contributed by atoms with van der Waals surface area (Å²) in [6.07, 6.45) is 0. The van der Waals surface area contributed by atoms with Gasteiger partial charge in [-0.1, -0.05) is 0 Å². The molecule has 0 saturated heterocycles. The molecule has 5 nitrogen and oxygen atoms in total. The van der Waals surface area contributed by atoms with Crippen molar-refractivity contribution in [3.63, 3.8) is 0 Å². The number of nitrogens with one attached hydrogen (secondary N) is 1. The topological polar surface area (TPSA) is 71.2 Å². The molecule has 3 aromatic rings. The van der Waals surface area contributed by atoms with Gasteiger partial charge in [-0.3, -0.25) is 0 Å². The van der Waals surface area contributed by atoms with Crippen LogP contribution in [0.25, 0.3) is 16.9 Å². The molecule has 1 aromatic carbocycles. The van der Waals surface area contributed by atoms with Crippen molar-refractivity contribution >= 4 is 27.0 Å². The normalized spacial score (nSPS) is 11.1. The highest BCUT2D eigenvalue weighted by Gasteiger charge is 2.12. The molecule has 0 atom stereocenters. The van der Waals surface area contributed by atoms with Gasteiger partial charge in [0, 0.05) is 12.1 Å². The third-order valence-electron chi connectivity index (χ3n) is 2.45. The fourth-order valence-corrected chi connectivity index (χ4v) is 2.03. The number of phenolic OH excluding ortho intramolecular Hbond substituents is 1. The first-order valence-corrected chi connectivity index (χ1v) is 5.64. The zero-order valence-electron chi connectivity index (χ0n) is 8.48. The summed E-state index contributed by atoms with van der Waals surface area (Å²) in [4.78, 5) is 14.5. The molecular weight excluding hydrogens is 288 g/mol. The van der Waals surface area contributed by atoms with Crippen LogP contribution in [0.4, 0.5) is 0 Å². The summed E-state index contributed by atoms with van der Waals surface area (Å²) in [7, 11) is 0. The van der Waals surface area contributed by atoms with Crippen molar-refractivity contribution in [2.75, 3.05) is 0 Å². The Morgan fingerprint density at radius 1 is 1.29 bits per heavy atom. The Balaban J connectivity index is 2.39. The van der Waals surface area contributed by atoms with Gasteiger partial charge >= 0.3 is 5.69 Å². The Bertz CT molecular complexity index is 754. The Hall–Kier alpha value is -1.95. The molecule has 0 saturated carbocycles. The van der Waals surface area contributed by atoms with Gasteiger partial charge in [-0.15, -0.1) is 0 Å². The highest BCUT2D eigenvalue weighted by Crippen LogP contribution is 2.22. The van der Waals surface area contributed by atoms with Gasteiger partial charge in [-0.05, 0) is 34.1 Å². The third-order valence-corrected chi connectivity index (χ3v) is 2.87. The first-order valence-electron chi connectivity index (χ1n) is 4.84. The Morgan fingerprint density at radius 3 is 2.82 bits per heavy atom. The fourth-order valence-electron chi connectivity index (χ4n) is 1.73. The van der Waals surface area contributed by atoms with E-state index in [1.165, 1.54) is 16.7 Å². The summed E-state index contributed by atoms with van der Waals surface area (Å²) in [5.41, 5.74) is 0.893. The zero-order valence-corrected chi connectivity index (χ0v) is 10.1. The lowest BCUT2D eigenvalue weighted by atomic mass is 10.3. The number of aromatic nitrogens is 2. The van der Waals surface area contributed by atoms with Crippen molar-refractivity contribution in [3.05, 3.63) is 45.5 Å². The quantitative estimate of drug-likeness (QED) is 0.724. The maximum absolute atomic E-state index is 11.8. The van der Waals surface area contributed by atoms with Crippen molar-refractivity contribution in [2.45, 2.75) is 0 Å². The van der Waals surface area contributed by atoms with Gasteiger partial charge < -0.3 is 14.5 Å². The molecule has 86 valence electrons. The smallest absolute Gasteiger partial charge is 0.333 e. The second kappa shape index (κ2) is 3.53. The average molecular weight is 295 g/mol. The summed E-state index contributed by atoms with van der Waals surface area (Å²) in [6.45, 7) is 0. The number of hydrogen-bond donors (Lipinski definition) is 2. The fraction of sp³-hybridized carbons (Fsp3) is 0. The number of halogens is 1. The first-order chi connectivity index (χ1) is 8.15. The summed E-state index contributed by atoms with van der Waals surface area (Å²) in [5.74, 6) is 0.481. The number of hydrogen-bond acceptors (Lipinski definition) is 3. The highest BCUT2D eigenvalue weighted by molar-refractivity contribution is 9.10. The number of rotatable bonds is 1. The molecule has 0 unspecified atom stereocenters. The van der Waals surface area contributed by atoms with Crippen molar-refractivity contribution in [1.82, 2.24) is 9.55 Å². The van der Waals surface area contributed by atoms with E-state index in [1.54, 1.807) is 18.2 Å². The summed E-state index contributed by atoms with van der Waals surface area (Å²) < 4.78 is 7.23. The first kappa shape index (κ1) is 10.2. The molecular formula is C11H7BrN2O3. The van der Waals surface area contributed by atoms with Crippen LogP contribution in [0.15, 0.2) is 44.2 Å². The van der Waals surface area contributed by atoms with Gasteiger partial charge in [-0.2, -0.15) is 0 Å². The van der Waals surface area contributed by atoms with Gasteiger partial charge in [0.05, 0.1) is 11.0 Å². The van der Waals surface area contributed by atoms with E-state index in [2.05, 4.69) is 20.9 Å². The minimum Gasteiger partial charge on any atom is -0.508 e. The van der Waals surface area contributed by atoms with Gasteiger partial charge in [0.25, 0.3) is 0 Å². The number of imidazole rings is 1. The number of H-pyrrole nitrogens is 1. The molecule has 0 spiro atoms. The largest absolute Gasteiger partial charge is 0.508 e. The van der Waals surface area contributed by atoms with E-state index in [4.69, 9.17) is 4.42 Å². The molecule has 2 N–H and O–H groups in total. The van der Waals surface area contributed by atoms with Crippen LogP contribution in [0.1, 0.15) is 0 Å². The Morgan fingerprint density at radius 2 is 2.12 bits per heavy atom. The molecule has 0 amide bonds. The third kappa shape index (κ3) is 1.57. The van der Waals surface area contributed by atoms with E-state index in [0.29, 0.717) is 21.6 Å². The number of aromatic amines is 1. The van der Waals surface area contributed by atoms with Crippen molar-refractivity contribution in [1.29, 1.82) is 0 Å². The maximum atomic E-state index is 11.8. The molecule has 6 heteroatoms. The van der Waals surface area contributed by atoms with Crippen molar-refractivity contribution < 1.29 is 9.52 Å². The number of phenols is 1. The number of aromatic hydroxyl groups is 1. The van der Waals surface area contributed by atoms with E-state index < -0.39 is 0 Å². The van der Waals surface area contributed by atoms with E-state index in [1.807, 2.05) is 0 Å². The molecule has 2 heterocycles. The van der Waals surface area contributed by atoms with E-state index >= 15 is 0 Å². The Kier molecular flexibility index (Phi) is 2.12. The summed E-state index contributed by atoms with van der Waals surface area (Å²) >= 11 is 3.18. The Labute approximate surface area is 103 Å². The van der Waals surface area contributed by atoms with Crippen LogP contribution in [0.2, 0.25) is 0 Å². The minimum atomic E-state index is -0.313. The highest BCUT2D eigenvalue weighted by atomic mass is 79.9. The monoisotopic (exact) mass is 294 g/mol. The number of fused-ring (bicyclic) bond motifs is 1. The summed E-state index contributed by atoms with van der Waals surface area (Å²) in [6, 6.07) is 8.02. The standard InChI is InChI=1S/C11H7BrN2O3/c12-9-3-4-10(17-9)14-8-5-6(15)1-2-7(8)13-11(14)16/h1-5,15H,(H,13,16). The van der Waals surface area contributed by atoms with Crippen LogP contribution in [-0.4, -0.2) is 14.7 Å². The number of furan rings is 1. The predicted molar refractivity (Wildman–Crippen MR) is 65.5 cm³/mol. The SMILES string of the molecule is O=c1[nH]c2ccc(O)cc2n1-c1ccc(Br)o1. The van der Waals surface area contributed by atoms with Crippen molar-refractivity contribution in [3.8, 4) is 11.6 Å². The number of nitrogens with zero attached hydrogens (tertiary/aromatic N) is 1. The molecule has 0 bridgehead atoms. The molecule has 17 heavy (non-hydrogen) atoms. The van der Waals surface area contributed by atoms with Crippen LogP contribution in [0.5, 0.6) is 5.75 Å². The molecule has 0 aliphatic rings. The average Bonchev–Trinajstić information content (AvgIpc) is 2.81. The minimum absolute atomic E-state index is 0.0934. The van der Waals surface area contributed by atoms with Gasteiger partial charge in [-0.25, -0.2) is 9.36 Å². The lowest BCUT2D eigenvalue weighted by Crippen LogP contribution is -2.13. The summed E-state index contributed by atoms with van der Waals surface area (Å²) in [5, 5.41) is 9.45. The molecule has 0 fully saturated rings. The van der Waals surface area contributed by atoms with Crippen LogP contribution < -0.4 is 5.69 Å². The molecule has 0 radical (unpaired) electrons. The van der Waals surface area contributed by atoms with Crippen LogP contribution in [0, 0.1) is 0 Å². The van der Waals surface area contributed by atoms with E-state index in [-0.39, 0.29) is 11.4 Å². The molecule has 3 rings (SSSR count). The number of benzene rings is 1. The maximum Gasteiger partial charge on any atom is 0.333 e. The lowest BCUT2D eigenvalue weighted by molar-refractivity contribution is 0.475. The van der Waals surface area contributed by atoms with E-state index in [9.17, 15) is 9.90 Å². The van der Waals surface area contributed by atoms with Crippen LogP contribution in [0.3, 0.4) is 0 Å². The zero-order chi connectivity index (χ0) is 12.0. The van der Waals surface area contributed by atoms with Gasteiger partial charge in [0.1, 0.15) is 5.75 Å². The molecule has 2 aromatic heterocycles. The molecule has 0 aliphatic heterocycles. The van der Waals surface area contributed by atoms with Crippen LogP contribution >= 0.6 is 15.9 Å². The van der Waals surface area contributed by atoms with Crippen LogP contribution in [-0.2, 0) is 0 Å². The van der Waals surface area contributed by atoms with Gasteiger partial charge in [0.15, 0.2) is 4.67 Å². The second-order valence-corrected chi connectivity index (χ2v) is 4.33. The second-order valence-electron chi connectivity index (χ2n) is 3.54. The van der Waals surface area contributed by atoms with Gasteiger partial charge in [0.2, 0.25) is 5.88 Å². The van der Waals surface area contributed by atoms with E-state index in [0.717, 1.165) is 0 Å². The molecule has 0 aliphatic carbocycles.